The van der Waals surface area contributed by atoms with Crippen molar-refractivity contribution in [3.63, 3.8) is 0 Å². The van der Waals surface area contributed by atoms with Gasteiger partial charge in [-0.05, 0) is 71.6 Å². The topological polar surface area (TPSA) is 404 Å². The minimum Gasteiger partial charge on any atom is -0.459 e. The van der Waals surface area contributed by atoms with Crippen LogP contribution in [0.15, 0.2) is 25.6 Å². The highest BCUT2D eigenvalue weighted by Crippen LogP contribution is 2.53. The normalized spacial score (nSPS) is 37.2. The van der Waals surface area contributed by atoms with Gasteiger partial charge >= 0.3 is 23.9 Å². The number of esters is 4. The highest BCUT2D eigenvalue weighted by atomic mass is 16.8. The second-order valence-corrected chi connectivity index (χ2v) is 16.0. The smallest absolute Gasteiger partial charge is 0.303 e. The van der Waals surface area contributed by atoms with Crippen molar-refractivity contribution in [1.29, 1.82) is 0 Å². The van der Waals surface area contributed by atoms with Gasteiger partial charge in [0.05, 0.1) is 43.0 Å². The number of rotatable bonds is 18. The molecule has 64 heavy (non-hydrogen) atoms. The van der Waals surface area contributed by atoms with Gasteiger partial charge in [-0.2, -0.15) is 0 Å². The molecule has 17 unspecified atom stereocenters. The third kappa shape index (κ3) is 11.8. The number of carbonyl (C=O) groups excluding carboxylic acids is 4. The Morgan fingerprint density at radius 2 is 1.08 bits per heavy atom. The van der Waals surface area contributed by atoms with Crippen molar-refractivity contribution in [2.75, 3.05) is 6.54 Å². The van der Waals surface area contributed by atoms with Crippen LogP contribution in [0.5, 0.6) is 0 Å². The highest BCUT2D eigenvalue weighted by Gasteiger charge is 2.58. The summed E-state index contributed by atoms with van der Waals surface area (Å²) in [5.74, 6) is -3.42. The molecule has 2 aliphatic carbocycles. The maximum atomic E-state index is 12.9. The van der Waals surface area contributed by atoms with Gasteiger partial charge in [-0.15, -0.1) is 0 Å². The molecule has 29 heteroatoms. The molecule has 0 radical (unpaired) electrons. The minimum atomic E-state index is -1.70. The second-order valence-electron chi connectivity index (χ2n) is 16.0. The summed E-state index contributed by atoms with van der Waals surface area (Å²) in [6.07, 6.45) is -15.1. The Labute approximate surface area is 364 Å². The van der Waals surface area contributed by atoms with Crippen LogP contribution in [-0.2, 0) is 66.5 Å². The molecule has 0 aromatic rings. The molecule has 17 atom stereocenters. The molecule has 0 aromatic heterocycles. The Hall–Kier alpha value is -5.81. The van der Waals surface area contributed by atoms with Gasteiger partial charge in [0.15, 0.2) is 37.2 Å². The molecule has 3 heterocycles. The van der Waals surface area contributed by atoms with Crippen LogP contribution < -0.4 is 0 Å². The minimum absolute atomic E-state index is 0.122. The standard InChI is InChI=1S/C35H49N15O14/c1-7-21-27(63-33-24(45-50-40)29(57-16(4)53)28(56-15(3)52)22(60-33)13-41-46-36)31(58-17(5)54)34(59-21)64-30-25(55-14(2)51)19(43-48-38)12-20(44-49-39)26(30)62-32-18(42-47-37)8-9-23(61-32)35(6)10-11-35/h18-34H,7-13H2,1-6H3. The number of azide groups is 5. The first kappa shape index (κ1) is 49.2. The van der Waals surface area contributed by atoms with E-state index in [-0.39, 0.29) is 24.4 Å². The Bertz CT molecular complexity index is 1980. The summed E-state index contributed by atoms with van der Waals surface area (Å²) in [4.78, 5) is 64.6. The number of carbonyl (C=O) groups is 4. The average molecular weight is 904 g/mol. The Kier molecular flexibility index (Phi) is 17.1. The van der Waals surface area contributed by atoms with Gasteiger partial charge in [-0.25, -0.2) is 0 Å². The van der Waals surface area contributed by atoms with Crippen LogP contribution >= 0.6 is 0 Å². The van der Waals surface area contributed by atoms with Crippen molar-refractivity contribution in [2.45, 2.75) is 184 Å². The monoisotopic (exact) mass is 903 g/mol. The molecule has 0 aromatic carbocycles. The van der Waals surface area contributed by atoms with Gasteiger partial charge in [-0.1, -0.05) is 39.4 Å². The van der Waals surface area contributed by atoms with Gasteiger partial charge in [0.1, 0.15) is 30.5 Å². The van der Waals surface area contributed by atoms with Gasteiger partial charge in [0, 0.05) is 52.3 Å². The van der Waals surface area contributed by atoms with E-state index in [4.69, 9.17) is 52.9 Å². The van der Waals surface area contributed by atoms with E-state index in [9.17, 15) is 41.3 Å². The number of hydrogen-bond acceptors (Lipinski definition) is 19. The van der Waals surface area contributed by atoms with Crippen LogP contribution in [0.3, 0.4) is 0 Å². The summed E-state index contributed by atoms with van der Waals surface area (Å²) in [5, 5.41) is 19.0. The van der Waals surface area contributed by atoms with Crippen molar-refractivity contribution in [2.24, 2.45) is 31.0 Å². The van der Waals surface area contributed by atoms with Crippen LogP contribution in [0, 0.1) is 5.41 Å². The third-order valence-electron chi connectivity index (χ3n) is 11.5. The fourth-order valence-electron chi connectivity index (χ4n) is 8.46. The predicted molar refractivity (Wildman–Crippen MR) is 210 cm³/mol. The lowest BCUT2D eigenvalue weighted by molar-refractivity contribution is -0.295. The maximum absolute atomic E-state index is 12.9. The van der Waals surface area contributed by atoms with Gasteiger partial charge in [-0.3, -0.25) is 19.2 Å². The van der Waals surface area contributed by atoms with Crippen molar-refractivity contribution in [3.8, 4) is 0 Å². The van der Waals surface area contributed by atoms with Crippen LogP contribution in [0.25, 0.3) is 52.2 Å². The second kappa shape index (κ2) is 22.2. The molecule has 5 aliphatic rings. The largest absolute Gasteiger partial charge is 0.459 e. The molecule has 3 aliphatic heterocycles. The van der Waals surface area contributed by atoms with E-state index in [1.54, 1.807) is 6.92 Å². The van der Waals surface area contributed by atoms with E-state index in [1.807, 2.05) is 0 Å². The first-order valence-electron chi connectivity index (χ1n) is 20.4. The third-order valence-corrected chi connectivity index (χ3v) is 11.5. The first-order valence-corrected chi connectivity index (χ1v) is 20.4. The molecule has 0 N–H and O–H groups in total. The molecule has 5 fully saturated rings. The molecule has 348 valence electrons. The summed E-state index contributed by atoms with van der Waals surface area (Å²) in [7, 11) is 0. The molecule has 2 saturated carbocycles. The number of hydrogen-bond donors (Lipinski definition) is 0. The quantitative estimate of drug-likeness (QED) is 0.0542. The average Bonchev–Trinajstić information content (AvgIpc) is 3.91. The number of ether oxygens (including phenoxy) is 10. The van der Waals surface area contributed by atoms with Crippen LogP contribution in [-0.4, -0.2) is 134 Å². The molecule has 3 saturated heterocycles. The molecule has 0 bridgehead atoms. The Balaban J connectivity index is 1.57. The lowest BCUT2D eigenvalue weighted by Crippen LogP contribution is -2.62. The van der Waals surface area contributed by atoms with Crippen molar-refractivity contribution in [1.82, 2.24) is 0 Å². The van der Waals surface area contributed by atoms with E-state index >= 15 is 0 Å². The van der Waals surface area contributed by atoms with Gasteiger partial charge in [0.25, 0.3) is 0 Å². The maximum Gasteiger partial charge on any atom is 0.303 e. The van der Waals surface area contributed by atoms with Crippen molar-refractivity contribution < 1.29 is 66.5 Å². The fourth-order valence-corrected chi connectivity index (χ4v) is 8.46. The van der Waals surface area contributed by atoms with Gasteiger partial charge < -0.3 is 47.4 Å². The zero-order chi connectivity index (χ0) is 46.7. The van der Waals surface area contributed by atoms with E-state index in [1.165, 1.54) is 0 Å². The summed E-state index contributed by atoms with van der Waals surface area (Å²) in [5.41, 5.74) is 47.4. The Morgan fingerprint density at radius 1 is 0.562 bits per heavy atom. The molecular formula is C35H49N15O14. The molecular weight excluding hydrogens is 854 g/mol. The lowest BCUT2D eigenvalue weighted by Gasteiger charge is -2.47. The number of nitrogens with zero attached hydrogens (tertiary/aromatic N) is 15. The summed E-state index contributed by atoms with van der Waals surface area (Å²) >= 11 is 0. The van der Waals surface area contributed by atoms with Crippen molar-refractivity contribution >= 4 is 23.9 Å². The van der Waals surface area contributed by atoms with E-state index in [0.717, 1.165) is 40.5 Å². The predicted octanol–water partition coefficient (Wildman–Crippen LogP) is 5.46. The molecule has 29 nitrogen and oxygen atoms in total. The zero-order valence-electron chi connectivity index (χ0n) is 35.7. The lowest BCUT2D eigenvalue weighted by atomic mass is 9.83. The Morgan fingerprint density at radius 3 is 1.64 bits per heavy atom. The first-order chi connectivity index (χ1) is 30.6. The van der Waals surface area contributed by atoms with E-state index < -0.39 is 128 Å². The molecule has 0 spiro atoms. The SMILES string of the molecule is CCC1OC(OC2C(OC(C)=O)C(N=[N+]=[N-])CC(N=[N+]=[N-])C2OC2OC(C3(C)CC3)CCC2N=[N+]=[N-])C(OC(C)=O)C1OC1OC(CN=[N+]=[N-])C(OC(C)=O)C(OC(C)=O)C1N=[N+]=[N-]. The summed E-state index contributed by atoms with van der Waals surface area (Å²) in [6.45, 7) is 7.54. The van der Waals surface area contributed by atoms with E-state index in [0.29, 0.717) is 12.8 Å². The van der Waals surface area contributed by atoms with E-state index in [2.05, 4.69) is 57.1 Å². The van der Waals surface area contributed by atoms with Crippen LogP contribution in [0.4, 0.5) is 0 Å². The van der Waals surface area contributed by atoms with Crippen molar-refractivity contribution in [3.05, 3.63) is 52.2 Å². The van der Waals surface area contributed by atoms with Gasteiger partial charge in [0.2, 0.25) is 0 Å². The summed E-state index contributed by atoms with van der Waals surface area (Å²) < 4.78 is 60.9. The molecule has 0 amide bonds. The zero-order valence-corrected chi connectivity index (χ0v) is 35.7. The molecule has 5 rings (SSSR count). The fraction of sp³-hybridized carbons (Fsp3) is 0.886. The van der Waals surface area contributed by atoms with Crippen LogP contribution in [0.1, 0.15) is 80.1 Å². The van der Waals surface area contributed by atoms with Crippen LogP contribution in [0.2, 0.25) is 0 Å². The highest BCUT2D eigenvalue weighted by molar-refractivity contribution is 5.68. The summed E-state index contributed by atoms with van der Waals surface area (Å²) in [6, 6.07) is -4.89.